The molecule has 0 aromatic heterocycles. The van der Waals surface area contributed by atoms with E-state index in [4.69, 9.17) is 0 Å². The molecule has 1 saturated heterocycles. The maximum Gasteiger partial charge on any atom is 0.0784 e. The van der Waals surface area contributed by atoms with Gasteiger partial charge in [0.15, 0.2) is 0 Å². The number of unbranched alkanes of at least 4 members (excludes halogenated alkanes) is 1. The van der Waals surface area contributed by atoms with Gasteiger partial charge < -0.3 is 28.5 Å². The van der Waals surface area contributed by atoms with E-state index in [1.54, 1.807) is 0 Å². The summed E-state index contributed by atoms with van der Waals surface area (Å²) in [6.45, 7) is 6.57. The van der Waals surface area contributed by atoms with Gasteiger partial charge in [0.1, 0.15) is 0 Å². The Bertz CT molecular complexity index is 117. The summed E-state index contributed by atoms with van der Waals surface area (Å²) in [7, 11) is 2.45. The molecule has 2 heteroatoms. The molecule has 0 aromatic rings. The molecular weight excluding hydrogens is 273 g/mol. The molecule has 0 spiro atoms. The number of rotatable bonds is 3. The van der Waals surface area contributed by atoms with Crippen molar-refractivity contribution in [1.82, 2.24) is 0 Å². The Balaban J connectivity index is 0.00000144. The first-order valence-corrected chi connectivity index (χ1v) is 5.60. The van der Waals surface area contributed by atoms with Crippen molar-refractivity contribution in [3.63, 3.8) is 0 Å². The Labute approximate surface area is 100 Å². The van der Waals surface area contributed by atoms with Gasteiger partial charge in [0.25, 0.3) is 0 Å². The second kappa shape index (κ2) is 7.04. The van der Waals surface area contributed by atoms with E-state index >= 15 is 0 Å². The monoisotopic (exact) mass is 297 g/mol. The van der Waals surface area contributed by atoms with Crippen molar-refractivity contribution in [2.75, 3.05) is 26.7 Å². The maximum absolute atomic E-state index is 2.45. The molecule has 0 atom stereocenters. The molecule has 0 N–H and O–H groups in total. The number of likely N-dealkylation sites (tertiary alicyclic amines) is 1. The average molecular weight is 297 g/mol. The van der Waals surface area contributed by atoms with Crippen molar-refractivity contribution in [2.45, 2.75) is 45.4 Å². The van der Waals surface area contributed by atoms with E-state index in [1.807, 2.05) is 0 Å². The molecule has 1 heterocycles. The van der Waals surface area contributed by atoms with Crippen LogP contribution in [0, 0.1) is 0 Å². The summed E-state index contributed by atoms with van der Waals surface area (Å²) in [5, 5.41) is 0. The van der Waals surface area contributed by atoms with Crippen molar-refractivity contribution in [3.05, 3.63) is 0 Å². The Morgan fingerprint density at radius 1 is 1.00 bits per heavy atom. The van der Waals surface area contributed by atoms with Gasteiger partial charge in [-0.1, -0.05) is 13.3 Å². The maximum atomic E-state index is 2.45. The van der Waals surface area contributed by atoms with Crippen molar-refractivity contribution in [1.29, 1.82) is 0 Å². The van der Waals surface area contributed by atoms with E-state index in [-0.39, 0.29) is 24.0 Å². The van der Waals surface area contributed by atoms with Crippen LogP contribution in [0.1, 0.15) is 45.4 Å². The summed E-state index contributed by atoms with van der Waals surface area (Å²) >= 11 is 0. The first kappa shape index (κ1) is 13.7. The highest BCUT2D eigenvalue weighted by Crippen LogP contribution is 2.16. The Morgan fingerprint density at radius 3 is 2.00 bits per heavy atom. The highest BCUT2D eigenvalue weighted by molar-refractivity contribution is 4.51. The van der Waals surface area contributed by atoms with Crippen molar-refractivity contribution < 1.29 is 28.5 Å². The van der Waals surface area contributed by atoms with Gasteiger partial charge in [0.2, 0.25) is 0 Å². The van der Waals surface area contributed by atoms with Crippen LogP contribution in [0.5, 0.6) is 0 Å². The lowest BCUT2D eigenvalue weighted by atomic mass is 10.2. The van der Waals surface area contributed by atoms with Crippen molar-refractivity contribution in [3.8, 4) is 0 Å². The highest BCUT2D eigenvalue weighted by atomic mass is 127. The fourth-order valence-electron chi connectivity index (χ4n) is 2.22. The van der Waals surface area contributed by atoms with E-state index in [0.717, 1.165) is 0 Å². The summed E-state index contributed by atoms with van der Waals surface area (Å²) in [4.78, 5) is 0. The van der Waals surface area contributed by atoms with Gasteiger partial charge >= 0.3 is 0 Å². The first-order valence-electron chi connectivity index (χ1n) is 5.60. The third-order valence-corrected chi connectivity index (χ3v) is 3.20. The van der Waals surface area contributed by atoms with Gasteiger partial charge in [-0.2, -0.15) is 0 Å². The summed E-state index contributed by atoms with van der Waals surface area (Å²) in [5.74, 6) is 0. The summed E-state index contributed by atoms with van der Waals surface area (Å²) in [6, 6.07) is 0. The molecule has 0 amide bonds. The van der Waals surface area contributed by atoms with Gasteiger partial charge in [0, 0.05) is 0 Å². The lowest BCUT2D eigenvalue weighted by Gasteiger charge is -2.33. The predicted octanol–water partition coefficient (Wildman–Crippen LogP) is -0.189. The van der Waals surface area contributed by atoms with Crippen LogP contribution in [0.4, 0.5) is 0 Å². The Kier molecular flexibility index (Phi) is 7.42. The first-order chi connectivity index (χ1) is 5.77. The predicted molar refractivity (Wildman–Crippen MR) is 54.2 cm³/mol. The molecule has 1 fully saturated rings. The minimum atomic E-state index is 0. The van der Waals surface area contributed by atoms with Crippen LogP contribution < -0.4 is 24.0 Å². The number of nitrogens with zero attached hydrogens (tertiary/aromatic N) is 1. The van der Waals surface area contributed by atoms with Crippen LogP contribution in [0.2, 0.25) is 0 Å². The smallest absolute Gasteiger partial charge is 0.0784 e. The van der Waals surface area contributed by atoms with Gasteiger partial charge in [-0.3, -0.25) is 0 Å². The molecule has 13 heavy (non-hydrogen) atoms. The SMILES string of the molecule is CCCC[N+]1(C)CCCCCC1.[I-]. The molecule has 0 bridgehead atoms. The van der Waals surface area contributed by atoms with Crippen LogP contribution in [-0.4, -0.2) is 31.2 Å². The second-order valence-corrected chi connectivity index (χ2v) is 4.56. The molecule has 80 valence electrons. The molecule has 1 aliphatic heterocycles. The van der Waals surface area contributed by atoms with E-state index in [1.165, 1.54) is 62.6 Å². The van der Waals surface area contributed by atoms with Gasteiger partial charge in [-0.25, -0.2) is 0 Å². The third-order valence-electron chi connectivity index (χ3n) is 3.20. The lowest BCUT2D eigenvalue weighted by Crippen LogP contribution is -3.00. The minimum Gasteiger partial charge on any atom is -1.00 e. The molecule has 1 aliphatic rings. The molecule has 1 rings (SSSR count). The van der Waals surface area contributed by atoms with E-state index in [9.17, 15) is 0 Å². The zero-order valence-electron chi connectivity index (χ0n) is 9.19. The quantitative estimate of drug-likeness (QED) is 0.500. The molecule has 0 aromatic carbocycles. The molecule has 0 aliphatic carbocycles. The normalized spacial score (nSPS) is 21.7. The largest absolute Gasteiger partial charge is 1.00 e. The Hall–Kier alpha value is 0.690. The molecule has 0 unspecified atom stereocenters. The Morgan fingerprint density at radius 2 is 1.54 bits per heavy atom. The summed E-state index contributed by atoms with van der Waals surface area (Å²) < 4.78 is 1.36. The van der Waals surface area contributed by atoms with Crippen LogP contribution in [-0.2, 0) is 0 Å². The van der Waals surface area contributed by atoms with Crippen LogP contribution in [0.15, 0.2) is 0 Å². The third kappa shape index (κ3) is 5.21. The minimum absolute atomic E-state index is 0. The van der Waals surface area contributed by atoms with E-state index in [0.29, 0.717) is 0 Å². The highest BCUT2D eigenvalue weighted by Gasteiger charge is 2.21. The zero-order valence-corrected chi connectivity index (χ0v) is 11.3. The van der Waals surface area contributed by atoms with Crippen LogP contribution in [0.3, 0.4) is 0 Å². The molecule has 0 radical (unpaired) electrons. The molecular formula is C11H24IN. The standard InChI is InChI=1S/C11H24N.HI/c1-3-4-9-12(2)10-7-5-6-8-11-12;/h3-11H2,1-2H3;1H/q+1;/p-1. The lowest BCUT2D eigenvalue weighted by molar-refractivity contribution is -0.909. The van der Waals surface area contributed by atoms with Crippen molar-refractivity contribution in [2.24, 2.45) is 0 Å². The molecule has 0 saturated carbocycles. The zero-order chi connectivity index (χ0) is 8.86. The topological polar surface area (TPSA) is 0 Å². The van der Waals surface area contributed by atoms with Gasteiger partial charge in [-0.15, -0.1) is 0 Å². The molecule has 1 nitrogen and oxygen atoms in total. The summed E-state index contributed by atoms with van der Waals surface area (Å²) in [6.07, 6.45) is 8.63. The van der Waals surface area contributed by atoms with Crippen molar-refractivity contribution >= 4 is 0 Å². The average Bonchev–Trinajstić information content (AvgIpc) is 2.27. The van der Waals surface area contributed by atoms with E-state index < -0.39 is 0 Å². The number of quaternary nitrogens is 1. The number of hydrogen-bond acceptors (Lipinski definition) is 0. The van der Waals surface area contributed by atoms with Gasteiger partial charge in [0.05, 0.1) is 26.7 Å². The van der Waals surface area contributed by atoms with Gasteiger partial charge in [-0.05, 0) is 32.1 Å². The second-order valence-electron chi connectivity index (χ2n) is 4.56. The number of hydrogen-bond donors (Lipinski definition) is 0. The van der Waals surface area contributed by atoms with E-state index in [2.05, 4.69) is 14.0 Å². The number of halogens is 1. The summed E-state index contributed by atoms with van der Waals surface area (Å²) in [5.41, 5.74) is 0. The van der Waals surface area contributed by atoms with Crippen LogP contribution in [0.25, 0.3) is 0 Å². The fourth-order valence-corrected chi connectivity index (χ4v) is 2.22. The fraction of sp³-hybridized carbons (Fsp3) is 1.00. The van der Waals surface area contributed by atoms with Crippen LogP contribution >= 0.6 is 0 Å².